The monoisotopic (exact) mass is 410 g/mol. The molecule has 0 saturated carbocycles. The molecule has 3 rings (SSSR count). The maximum Gasteiger partial charge on any atom is 0.255 e. The maximum atomic E-state index is 12.5. The zero-order chi connectivity index (χ0) is 21.9. The first kappa shape index (κ1) is 22.3. The maximum absolute atomic E-state index is 12.5. The number of para-hydroxylation sites is 2. The summed E-state index contributed by atoms with van der Waals surface area (Å²) in [7, 11) is 0. The number of rotatable bonds is 6. The smallest absolute Gasteiger partial charge is 0.255 e. The van der Waals surface area contributed by atoms with Crippen LogP contribution in [0.4, 0.5) is 11.4 Å². The molecule has 0 spiro atoms. The second-order valence-electron chi connectivity index (χ2n) is 9.12. The van der Waals surface area contributed by atoms with Crippen molar-refractivity contribution in [3.8, 4) is 0 Å². The molecule has 0 aliphatic carbocycles. The van der Waals surface area contributed by atoms with Crippen LogP contribution in [0.5, 0.6) is 0 Å². The first-order valence-electron chi connectivity index (χ1n) is 10.6. The Labute approximate surface area is 179 Å². The number of β-amino-alcohol motifs (C(OH)–C–C–N with tert-alkyl or cyclic N) is 1. The van der Waals surface area contributed by atoms with Gasteiger partial charge in [0, 0.05) is 43.8 Å². The van der Waals surface area contributed by atoms with Gasteiger partial charge in [-0.25, -0.2) is 0 Å². The number of nitrogens with two attached hydrogens (primary N) is 1. The van der Waals surface area contributed by atoms with E-state index in [2.05, 4.69) is 29.0 Å². The number of aliphatic hydroxyl groups is 1. The second-order valence-corrected chi connectivity index (χ2v) is 9.12. The lowest BCUT2D eigenvalue weighted by molar-refractivity contribution is -0.0180. The quantitative estimate of drug-likeness (QED) is 0.637. The van der Waals surface area contributed by atoms with Gasteiger partial charge in [-0.2, -0.15) is 0 Å². The summed E-state index contributed by atoms with van der Waals surface area (Å²) < 4.78 is 0. The van der Waals surface area contributed by atoms with Crippen LogP contribution in [-0.4, -0.2) is 58.1 Å². The molecule has 1 aliphatic rings. The minimum Gasteiger partial charge on any atom is -0.397 e. The first-order valence-corrected chi connectivity index (χ1v) is 10.6. The van der Waals surface area contributed by atoms with Crippen LogP contribution in [-0.2, 0) is 6.54 Å². The van der Waals surface area contributed by atoms with E-state index in [9.17, 15) is 9.90 Å². The highest BCUT2D eigenvalue weighted by Gasteiger charge is 2.31. The average molecular weight is 411 g/mol. The van der Waals surface area contributed by atoms with E-state index < -0.39 is 5.60 Å². The van der Waals surface area contributed by atoms with Crippen molar-refractivity contribution in [3.05, 3.63) is 59.7 Å². The Bertz CT molecular complexity index is 848. The van der Waals surface area contributed by atoms with Gasteiger partial charge in [0.2, 0.25) is 0 Å². The van der Waals surface area contributed by atoms with Crippen LogP contribution in [0, 0.1) is 0 Å². The summed E-state index contributed by atoms with van der Waals surface area (Å²) >= 11 is 0. The Morgan fingerprint density at radius 3 is 2.27 bits per heavy atom. The molecule has 2 atom stereocenters. The number of benzene rings is 2. The molecule has 4 N–H and O–H groups in total. The molecule has 1 aliphatic heterocycles. The summed E-state index contributed by atoms with van der Waals surface area (Å²) in [6.45, 7) is 11.6. The van der Waals surface area contributed by atoms with E-state index in [1.54, 1.807) is 12.1 Å². The molecule has 0 unspecified atom stereocenters. The molecule has 30 heavy (non-hydrogen) atoms. The number of carbonyl (C=O) groups is 1. The fourth-order valence-electron chi connectivity index (χ4n) is 4.23. The number of nitrogens with zero attached hydrogens (tertiary/aromatic N) is 2. The van der Waals surface area contributed by atoms with Crippen molar-refractivity contribution in [3.63, 3.8) is 0 Å². The molecule has 1 heterocycles. The fraction of sp³-hybridized carbons (Fsp3) is 0.458. The summed E-state index contributed by atoms with van der Waals surface area (Å²) in [5.41, 5.74) is 8.19. The van der Waals surface area contributed by atoms with E-state index in [0.717, 1.165) is 19.6 Å². The topological polar surface area (TPSA) is 81.8 Å². The van der Waals surface area contributed by atoms with Crippen LogP contribution in [0.3, 0.4) is 0 Å². The molecule has 1 saturated heterocycles. The SMILES string of the molecule is C[C@@H]1CN(CC(C)(C)O)C[C@H](C)N1Cc1ccc(C(=O)Nc2ccccc2N)cc1. The van der Waals surface area contributed by atoms with E-state index in [0.29, 0.717) is 35.6 Å². The first-order chi connectivity index (χ1) is 14.1. The highest BCUT2D eigenvalue weighted by atomic mass is 16.3. The third-order valence-corrected chi connectivity index (χ3v) is 5.58. The van der Waals surface area contributed by atoms with Crippen LogP contribution in [0.15, 0.2) is 48.5 Å². The number of piperazine rings is 1. The lowest BCUT2D eigenvalue weighted by Crippen LogP contribution is -2.58. The summed E-state index contributed by atoms with van der Waals surface area (Å²) in [5, 5.41) is 13.0. The number of anilines is 2. The van der Waals surface area contributed by atoms with Gasteiger partial charge in [0.1, 0.15) is 0 Å². The Morgan fingerprint density at radius 1 is 1.10 bits per heavy atom. The van der Waals surface area contributed by atoms with E-state index in [1.165, 1.54) is 5.56 Å². The van der Waals surface area contributed by atoms with E-state index in [1.807, 2.05) is 50.2 Å². The predicted octanol–water partition coefficient (Wildman–Crippen LogP) is 3.19. The number of hydrogen-bond donors (Lipinski definition) is 3. The molecule has 0 radical (unpaired) electrons. The van der Waals surface area contributed by atoms with Crippen molar-refractivity contribution >= 4 is 17.3 Å². The number of amides is 1. The van der Waals surface area contributed by atoms with Gasteiger partial charge >= 0.3 is 0 Å². The van der Waals surface area contributed by atoms with Crippen LogP contribution >= 0.6 is 0 Å². The Morgan fingerprint density at radius 2 is 1.70 bits per heavy atom. The normalized spacial score (nSPS) is 20.8. The fourth-order valence-corrected chi connectivity index (χ4v) is 4.23. The van der Waals surface area contributed by atoms with E-state index in [-0.39, 0.29) is 5.91 Å². The van der Waals surface area contributed by atoms with Gasteiger partial charge in [0.05, 0.1) is 17.0 Å². The molecule has 2 aromatic rings. The molecule has 6 nitrogen and oxygen atoms in total. The van der Waals surface area contributed by atoms with Gasteiger partial charge in [0.25, 0.3) is 5.91 Å². The molecule has 0 bridgehead atoms. The van der Waals surface area contributed by atoms with Gasteiger partial charge < -0.3 is 16.2 Å². The molecular formula is C24H34N4O2. The van der Waals surface area contributed by atoms with E-state index in [4.69, 9.17) is 5.73 Å². The summed E-state index contributed by atoms with van der Waals surface area (Å²) in [5.74, 6) is -0.165. The Hall–Kier alpha value is -2.41. The van der Waals surface area contributed by atoms with Crippen molar-refractivity contribution in [1.29, 1.82) is 0 Å². The van der Waals surface area contributed by atoms with Gasteiger partial charge in [-0.3, -0.25) is 14.6 Å². The highest BCUT2D eigenvalue weighted by Crippen LogP contribution is 2.22. The molecule has 162 valence electrons. The van der Waals surface area contributed by atoms with Gasteiger partial charge in [-0.05, 0) is 57.5 Å². The standard InChI is InChI=1S/C24H34N4O2/c1-17-13-27(16-24(3,4)30)14-18(2)28(17)15-19-9-11-20(12-10-19)23(29)26-22-8-6-5-7-21(22)25/h5-12,17-18,30H,13-16,25H2,1-4H3,(H,26,29)/t17-,18+. The van der Waals surface area contributed by atoms with Crippen LogP contribution in [0.1, 0.15) is 43.6 Å². The third kappa shape index (κ3) is 5.81. The van der Waals surface area contributed by atoms with Gasteiger partial charge in [0.15, 0.2) is 0 Å². The molecule has 1 amide bonds. The number of nitrogens with one attached hydrogen (secondary N) is 1. The number of hydrogen-bond acceptors (Lipinski definition) is 5. The second kappa shape index (κ2) is 9.16. The minimum atomic E-state index is -0.678. The summed E-state index contributed by atoms with van der Waals surface area (Å²) in [6, 6.07) is 15.8. The zero-order valence-electron chi connectivity index (χ0n) is 18.4. The van der Waals surface area contributed by atoms with Crippen molar-refractivity contribution in [2.24, 2.45) is 0 Å². The van der Waals surface area contributed by atoms with Crippen LogP contribution < -0.4 is 11.1 Å². The van der Waals surface area contributed by atoms with Crippen molar-refractivity contribution in [1.82, 2.24) is 9.80 Å². The third-order valence-electron chi connectivity index (χ3n) is 5.58. The summed E-state index contributed by atoms with van der Waals surface area (Å²) in [4.78, 5) is 17.3. The minimum absolute atomic E-state index is 0.165. The molecule has 6 heteroatoms. The lowest BCUT2D eigenvalue weighted by Gasteiger charge is -2.45. The molecule has 2 aromatic carbocycles. The summed E-state index contributed by atoms with van der Waals surface area (Å²) in [6.07, 6.45) is 0. The average Bonchev–Trinajstić information content (AvgIpc) is 2.65. The largest absolute Gasteiger partial charge is 0.397 e. The molecular weight excluding hydrogens is 376 g/mol. The van der Waals surface area contributed by atoms with Crippen LogP contribution in [0.25, 0.3) is 0 Å². The highest BCUT2D eigenvalue weighted by molar-refractivity contribution is 6.05. The lowest BCUT2D eigenvalue weighted by atomic mass is 10.0. The van der Waals surface area contributed by atoms with Crippen LogP contribution in [0.2, 0.25) is 0 Å². The van der Waals surface area contributed by atoms with Crippen molar-refractivity contribution in [2.45, 2.75) is 51.9 Å². The number of carbonyl (C=O) groups excluding carboxylic acids is 1. The molecule has 0 aromatic heterocycles. The van der Waals surface area contributed by atoms with Crippen molar-refractivity contribution in [2.75, 3.05) is 30.7 Å². The van der Waals surface area contributed by atoms with Gasteiger partial charge in [-0.15, -0.1) is 0 Å². The molecule has 1 fully saturated rings. The predicted molar refractivity (Wildman–Crippen MR) is 122 cm³/mol. The Kier molecular flexibility index (Phi) is 6.81. The van der Waals surface area contributed by atoms with E-state index >= 15 is 0 Å². The van der Waals surface area contributed by atoms with Crippen molar-refractivity contribution < 1.29 is 9.90 Å². The zero-order valence-corrected chi connectivity index (χ0v) is 18.4. The Balaban J connectivity index is 1.60. The number of nitrogen functional groups attached to an aromatic ring is 1. The van der Waals surface area contributed by atoms with Gasteiger partial charge in [-0.1, -0.05) is 24.3 Å².